The number of amides is 2. The standard InChI is InChI=1S/C16H15F3N2O3/c1-10(21-15(23)12-5-6-24-9-12)14(22)20-8-11-3-2-4-13(7-11)16(17,18)19/h2-7,9-10H,8H2,1H3,(H,20,22)(H,21,23)/t10-/m0/s1. The molecule has 0 saturated heterocycles. The second-order valence-corrected chi connectivity index (χ2v) is 5.12. The number of nitrogens with one attached hydrogen (secondary N) is 2. The fourth-order valence-corrected chi connectivity index (χ4v) is 1.94. The molecule has 0 radical (unpaired) electrons. The fourth-order valence-electron chi connectivity index (χ4n) is 1.94. The third kappa shape index (κ3) is 4.61. The molecule has 0 aliphatic rings. The van der Waals surface area contributed by atoms with E-state index in [1.54, 1.807) is 0 Å². The Morgan fingerprint density at radius 3 is 2.62 bits per heavy atom. The van der Waals surface area contributed by atoms with Crippen molar-refractivity contribution >= 4 is 11.8 Å². The van der Waals surface area contributed by atoms with Crippen LogP contribution in [0, 0.1) is 0 Å². The van der Waals surface area contributed by atoms with Crippen molar-refractivity contribution in [2.75, 3.05) is 0 Å². The molecule has 8 heteroatoms. The number of rotatable bonds is 5. The van der Waals surface area contributed by atoms with Crippen LogP contribution in [0.15, 0.2) is 47.3 Å². The van der Waals surface area contributed by atoms with Gasteiger partial charge in [0.05, 0.1) is 17.4 Å². The number of carbonyl (C=O) groups excluding carboxylic acids is 2. The van der Waals surface area contributed by atoms with E-state index < -0.39 is 29.6 Å². The second kappa shape index (κ2) is 7.20. The highest BCUT2D eigenvalue weighted by atomic mass is 19.4. The summed E-state index contributed by atoms with van der Waals surface area (Å²) in [6.45, 7) is 1.40. The van der Waals surface area contributed by atoms with Gasteiger partial charge in [-0.1, -0.05) is 12.1 Å². The van der Waals surface area contributed by atoms with Crippen molar-refractivity contribution in [3.8, 4) is 0 Å². The molecule has 0 aliphatic heterocycles. The van der Waals surface area contributed by atoms with Gasteiger partial charge in [-0.05, 0) is 30.7 Å². The average molecular weight is 340 g/mol. The average Bonchev–Trinajstić information content (AvgIpc) is 3.06. The van der Waals surface area contributed by atoms with E-state index in [2.05, 4.69) is 10.6 Å². The lowest BCUT2D eigenvalue weighted by atomic mass is 10.1. The molecular weight excluding hydrogens is 325 g/mol. The van der Waals surface area contributed by atoms with Crippen LogP contribution in [0.4, 0.5) is 13.2 Å². The first-order valence-corrected chi connectivity index (χ1v) is 7.04. The summed E-state index contributed by atoms with van der Waals surface area (Å²) in [5, 5.41) is 4.95. The highest BCUT2D eigenvalue weighted by molar-refractivity contribution is 5.97. The van der Waals surface area contributed by atoms with Gasteiger partial charge >= 0.3 is 6.18 Å². The van der Waals surface area contributed by atoms with Crippen LogP contribution in [0.3, 0.4) is 0 Å². The predicted octanol–water partition coefficient (Wildman–Crippen LogP) is 2.73. The second-order valence-electron chi connectivity index (χ2n) is 5.12. The minimum atomic E-state index is -4.44. The summed E-state index contributed by atoms with van der Waals surface area (Å²) in [7, 11) is 0. The predicted molar refractivity (Wildman–Crippen MR) is 78.9 cm³/mol. The monoisotopic (exact) mass is 340 g/mol. The van der Waals surface area contributed by atoms with Crippen LogP contribution in [-0.4, -0.2) is 17.9 Å². The van der Waals surface area contributed by atoms with E-state index in [1.807, 2.05) is 0 Å². The Morgan fingerprint density at radius 1 is 1.25 bits per heavy atom. The third-order valence-corrected chi connectivity index (χ3v) is 3.25. The van der Waals surface area contributed by atoms with Crippen LogP contribution in [-0.2, 0) is 17.5 Å². The third-order valence-electron chi connectivity index (χ3n) is 3.25. The van der Waals surface area contributed by atoms with Crippen LogP contribution in [0.25, 0.3) is 0 Å². The quantitative estimate of drug-likeness (QED) is 0.879. The van der Waals surface area contributed by atoms with Crippen molar-refractivity contribution in [3.05, 3.63) is 59.5 Å². The van der Waals surface area contributed by atoms with Gasteiger partial charge in [-0.25, -0.2) is 0 Å². The number of carbonyl (C=O) groups is 2. The molecule has 0 aliphatic carbocycles. The van der Waals surface area contributed by atoms with Crippen molar-refractivity contribution in [2.24, 2.45) is 0 Å². The van der Waals surface area contributed by atoms with Crippen LogP contribution in [0.5, 0.6) is 0 Å². The molecule has 2 aromatic rings. The highest BCUT2D eigenvalue weighted by Gasteiger charge is 2.30. The summed E-state index contributed by atoms with van der Waals surface area (Å²) in [5.74, 6) is -0.991. The molecule has 24 heavy (non-hydrogen) atoms. The van der Waals surface area contributed by atoms with Crippen LogP contribution in [0.2, 0.25) is 0 Å². The first-order chi connectivity index (χ1) is 11.3. The van der Waals surface area contributed by atoms with Gasteiger partial charge in [-0.3, -0.25) is 9.59 Å². The van der Waals surface area contributed by atoms with Gasteiger partial charge in [0.25, 0.3) is 5.91 Å². The minimum absolute atomic E-state index is 0.0747. The van der Waals surface area contributed by atoms with Gasteiger partial charge in [-0.15, -0.1) is 0 Å². The molecule has 0 bridgehead atoms. The Morgan fingerprint density at radius 2 is 2.00 bits per heavy atom. The molecular formula is C16H15F3N2O3. The highest BCUT2D eigenvalue weighted by Crippen LogP contribution is 2.29. The van der Waals surface area contributed by atoms with Crippen molar-refractivity contribution in [1.82, 2.24) is 10.6 Å². The largest absolute Gasteiger partial charge is 0.472 e. The molecule has 2 amide bonds. The molecule has 0 saturated carbocycles. The Hall–Kier alpha value is -2.77. The van der Waals surface area contributed by atoms with E-state index in [0.29, 0.717) is 5.56 Å². The van der Waals surface area contributed by atoms with Gasteiger partial charge in [-0.2, -0.15) is 13.2 Å². The van der Waals surface area contributed by atoms with E-state index in [-0.39, 0.29) is 12.1 Å². The van der Waals surface area contributed by atoms with E-state index >= 15 is 0 Å². The maximum atomic E-state index is 12.6. The van der Waals surface area contributed by atoms with Crippen LogP contribution < -0.4 is 10.6 Å². The summed E-state index contributed by atoms with van der Waals surface area (Å²) in [4.78, 5) is 23.7. The number of benzene rings is 1. The van der Waals surface area contributed by atoms with Crippen LogP contribution in [0.1, 0.15) is 28.4 Å². The van der Waals surface area contributed by atoms with Gasteiger partial charge < -0.3 is 15.1 Å². The minimum Gasteiger partial charge on any atom is -0.472 e. The fraction of sp³-hybridized carbons (Fsp3) is 0.250. The maximum Gasteiger partial charge on any atom is 0.416 e. The number of hydrogen-bond donors (Lipinski definition) is 2. The van der Waals surface area contributed by atoms with E-state index in [4.69, 9.17) is 4.42 Å². The van der Waals surface area contributed by atoms with E-state index in [9.17, 15) is 22.8 Å². The van der Waals surface area contributed by atoms with Gasteiger partial charge in [0.15, 0.2) is 0 Å². The molecule has 128 valence electrons. The number of furan rings is 1. The number of alkyl halides is 3. The summed E-state index contributed by atoms with van der Waals surface area (Å²) >= 11 is 0. The number of hydrogen-bond acceptors (Lipinski definition) is 3. The molecule has 1 aromatic heterocycles. The summed E-state index contributed by atoms with van der Waals surface area (Å²) in [5.41, 5.74) is -0.199. The summed E-state index contributed by atoms with van der Waals surface area (Å²) in [6.07, 6.45) is -1.87. The zero-order valence-corrected chi connectivity index (χ0v) is 12.7. The van der Waals surface area contributed by atoms with Crippen molar-refractivity contribution in [3.63, 3.8) is 0 Å². The molecule has 5 nitrogen and oxygen atoms in total. The molecule has 2 rings (SSSR count). The first-order valence-electron chi connectivity index (χ1n) is 7.04. The maximum absolute atomic E-state index is 12.6. The Kier molecular flexibility index (Phi) is 5.28. The van der Waals surface area contributed by atoms with Crippen LogP contribution >= 0.6 is 0 Å². The molecule has 0 fully saturated rings. The molecule has 1 atom stereocenters. The van der Waals surface area contributed by atoms with Crippen molar-refractivity contribution in [2.45, 2.75) is 25.7 Å². The van der Waals surface area contributed by atoms with Gasteiger partial charge in [0, 0.05) is 6.54 Å². The van der Waals surface area contributed by atoms with Crippen molar-refractivity contribution in [1.29, 1.82) is 0 Å². The Balaban J connectivity index is 1.89. The smallest absolute Gasteiger partial charge is 0.416 e. The Bertz CT molecular complexity index is 712. The summed E-state index contributed by atoms with van der Waals surface area (Å²) < 4.78 is 42.7. The molecule has 1 aromatic carbocycles. The molecule has 0 unspecified atom stereocenters. The van der Waals surface area contributed by atoms with E-state index in [0.717, 1.165) is 12.1 Å². The Labute approximate surface area is 135 Å². The molecule has 2 N–H and O–H groups in total. The lowest BCUT2D eigenvalue weighted by molar-refractivity contribution is -0.137. The van der Waals surface area contributed by atoms with Crippen molar-refractivity contribution < 1.29 is 27.2 Å². The van der Waals surface area contributed by atoms with Gasteiger partial charge in [0.1, 0.15) is 12.3 Å². The topological polar surface area (TPSA) is 71.3 Å². The SMILES string of the molecule is C[C@H](NC(=O)c1ccoc1)C(=O)NCc1cccc(C(F)(F)F)c1. The lowest BCUT2D eigenvalue weighted by Crippen LogP contribution is -2.44. The first kappa shape index (κ1) is 17.6. The lowest BCUT2D eigenvalue weighted by Gasteiger charge is -2.14. The summed E-state index contributed by atoms with van der Waals surface area (Å²) in [6, 6.07) is 5.27. The van der Waals surface area contributed by atoms with E-state index in [1.165, 1.54) is 37.6 Å². The molecule has 0 spiro atoms. The molecule has 1 heterocycles. The number of halogens is 3. The zero-order valence-electron chi connectivity index (χ0n) is 12.7. The van der Waals surface area contributed by atoms with Gasteiger partial charge in [0.2, 0.25) is 5.91 Å². The normalized spacial score (nSPS) is 12.5. The zero-order chi connectivity index (χ0) is 17.7.